The van der Waals surface area contributed by atoms with E-state index in [2.05, 4.69) is 10.2 Å². The second kappa shape index (κ2) is 9.88. The molecule has 0 saturated carbocycles. The third kappa shape index (κ3) is 4.27. The van der Waals surface area contributed by atoms with Gasteiger partial charge in [0.15, 0.2) is 15.9 Å². The normalized spacial score (nSPS) is 15.6. The third-order valence-corrected chi connectivity index (χ3v) is 8.24. The van der Waals surface area contributed by atoms with Gasteiger partial charge in [-0.1, -0.05) is 89.8 Å². The van der Waals surface area contributed by atoms with Gasteiger partial charge in [0.2, 0.25) is 10.9 Å². The van der Waals surface area contributed by atoms with E-state index in [1.165, 1.54) is 36.0 Å². The number of hydrogen-bond acceptors (Lipinski definition) is 8. The minimum atomic E-state index is -1.26. The molecule has 0 spiro atoms. The third-order valence-electron chi connectivity index (χ3n) is 6.11. The lowest BCUT2D eigenvalue weighted by Crippen LogP contribution is -2.31. The average Bonchev–Trinajstić information content (AvgIpc) is 3.65. The second-order valence-corrected chi connectivity index (χ2v) is 10.6. The molecule has 0 radical (unpaired) electrons. The molecule has 1 amide bonds. The highest BCUT2D eigenvalue weighted by Gasteiger charge is 2.47. The first-order valence-corrected chi connectivity index (χ1v) is 13.4. The van der Waals surface area contributed by atoms with Gasteiger partial charge in [-0.05, 0) is 23.8 Å². The molecule has 6 rings (SSSR count). The number of halogens is 1. The van der Waals surface area contributed by atoms with Crippen LogP contribution in [-0.4, -0.2) is 27.0 Å². The Bertz CT molecular complexity index is 1680. The molecule has 2 aromatic heterocycles. The number of nitrogens with zero attached hydrogens (tertiary/aromatic N) is 3. The topological polar surface area (TPSA) is 96.5 Å². The Morgan fingerprint density at radius 1 is 1.03 bits per heavy atom. The van der Waals surface area contributed by atoms with Gasteiger partial charge in [0.1, 0.15) is 17.4 Å². The number of amides is 1. The standard InChI is InChI=1S/C28H18FN3O4S2/c29-19-12-6-5-11-18(19)23-22(24(33)21-14-17-10-4-7-13-20(17)36-21)25(34)26(35)32(23)27-30-31-28(38-27)37-15-16-8-2-1-3-9-16/h1-14,23,34H,15H2/t23-/m0/s1. The zero-order chi connectivity index (χ0) is 26.2. The predicted octanol–water partition coefficient (Wildman–Crippen LogP) is 6.50. The van der Waals surface area contributed by atoms with Crippen molar-refractivity contribution in [3.8, 4) is 0 Å². The zero-order valence-corrected chi connectivity index (χ0v) is 21.2. The summed E-state index contributed by atoms with van der Waals surface area (Å²) in [6, 6.07) is 22.9. The predicted molar refractivity (Wildman–Crippen MR) is 143 cm³/mol. The molecule has 3 heterocycles. The quantitative estimate of drug-likeness (QED) is 0.142. The van der Waals surface area contributed by atoms with Crippen LogP contribution in [0.15, 0.2) is 105 Å². The molecule has 3 aromatic carbocycles. The number of anilines is 1. The van der Waals surface area contributed by atoms with Crippen LogP contribution in [-0.2, 0) is 10.5 Å². The smallest absolute Gasteiger partial charge is 0.296 e. The molecule has 7 nitrogen and oxygen atoms in total. The fraction of sp³-hybridized carbons (Fsp3) is 0.0714. The van der Waals surface area contributed by atoms with E-state index in [9.17, 15) is 14.7 Å². The summed E-state index contributed by atoms with van der Waals surface area (Å²) in [6.07, 6.45) is 0. The minimum absolute atomic E-state index is 0.0399. The highest BCUT2D eigenvalue weighted by molar-refractivity contribution is 8.00. The van der Waals surface area contributed by atoms with Crippen molar-refractivity contribution < 1.29 is 23.5 Å². The maximum absolute atomic E-state index is 15.1. The van der Waals surface area contributed by atoms with Gasteiger partial charge in [-0.2, -0.15) is 0 Å². The molecular weight excluding hydrogens is 525 g/mol. The van der Waals surface area contributed by atoms with Gasteiger partial charge in [-0.25, -0.2) is 4.39 Å². The SMILES string of the molecule is O=C(C1=C(O)C(=O)N(c2nnc(SCc3ccccc3)s2)[C@H]1c1ccccc1F)c1cc2ccccc2o1. The lowest BCUT2D eigenvalue weighted by Gasteiger charge is -2.24. The maximum Gasteiger partial charge on any atom is 0.296 e. The Kier molecular flexibility index (Phi) is 6.26. The second-order valence-electron chi connectivity index (χ2n) is 8.46. The number of rotatable bonds is 7. The molecule has 38 heavy (non-hydrogen) atoms. The minimum Gasteiger partial charge on any atom is -0.503 e. The molecule has 0 saturated heterocycles. The fourth-order valence-corrected chi connectivity index (χ4v) is 6.15. The van der Waals surface area contributed by atoms with E-state index in [1.807, 2.05) is 30.3 Å². The van der Waals surface area contributed by atoms with Crippen LogP contribution in [0.2, 0.25) is 0 Å². The summed E-state index contributed by atoms with van der Waals surface area (Å²) in [5, 5.41) is 20.1. The molecule has 0 aliphatic carbocycles. The molecule has 1 atom stereocenters. The molecule has 1 aliphatic rings. The van der Waals surface area contributed by atoms with Gasteiger partial charge in [0, 0.05) is 16.7 Å². The number of carbonyl (C=O) groups excluding carboxylic acids is 2. The summed E-state index contributed by atoms with van der Waals surface area (Å²) < 4.78 is 21.4. The van der Waals surface area contributed by atoms with Crippen LogP contribution in [0.5, 0.6) is 0 Å². The monoisotopic (exact) mass is 543 g/mol. The Morgan fingerprint density at radius 3 is 2.55 bits per heavy atom. The van der Waals surface area contributed by atoms with Crippen molar-refractivity contribution in [2.45, 2.75) is 16.1 Å². The molecule has 5 aromatic rings. The van der Waals surface area contributed by atoms with Crippen molar-refractivity contribution in [2.75, 3.05) is 4.90 Å². The van der Waals surface area contributed by atoms with Crippen LogP contribution in [0.3, 0.4) is 0 Å². The van der Waals surface area contributed by atoms with Gasteiger partial charge >= 0.3 is 0 Å². The largest absolute Gasteiger partial charge is 0.503 e. The van der Waals surface area contributed by atoms with E-state index in [1.54, 1.807) is 30.3 Å². The van der Waals surface area contributed by atoms with Gasteiger partial charge in [-0.15, -0.1) is 10.2 Å². The average molecular weight is 544 g/mol. The summed E-state index contributed by atoms with van der Waals surface area (Å²) in [6.45, 7) is 0. The van der Waals surface area contributed by atoms with Crippen molar-refractivity contribution in [3.63, 3.8) is 0 Å². The van der Waals surface area contributed by atoms with E-state index in [4.69, 9.17) is 4.42 Å². The first-order valence-electron chi connectivity index (χ1n) is 11.6. The Morgan fingerprint density at radius 2 is 1.76 bits per heavy atom. The van der Waals surface area contributed by atoms with Crippen LogP contribution in [0, 0.1) is 5.82 Å². The van der Waals surface area contributed by atoms with E-state index in [0.29, 0.717) is 21.1 Å². The number of fused-ring (bicyclic) bond motifs is 1. The zero-order valence-electron chi connectivity index (χ0n) is 19.6. The summed E-state index contributed by atoms with van der Waals surface area (Å²) in [5.74, 6) is -2.43. The van der Waals surface area contributed by atoms with Crippen molar-refractivity contribution in [1.82, 2.24) is 10.2 Å². The Balaban J connectivity index is 1.38. The van der Waals surface area contributed by atoms with Gasteiger partial charge in [0.25, 0.3) is 5.91 Å². The van der Waals surface area contributed by atoms with Gasteiger partial charge in [-0.3, -0.25) is 14.5 Å². The number of para-hydroxylation sites is 1. The number of aromatic nitrogens is 2. The van der Waals surface area contributed by atoms with E-state index >= 15 is 4.39 Å². The van der Waals surface area contributed by atoms with E-state index in [-0.39, 0.29) is 22.0 Å². The van der Waals surface area contributed by atoms with Crippen molar-refractivity contribution in [1.29, 1.82) is 0 Å². The number of hydrogen-bond donors (Lipinski definition) is 1. The molecule has 0 bridgehead atoms. The van der Waals surface area contributed by atoms with Crippen LogP contribution < -0.4 is 4.90 Å². The molecule has 1 N–H and O–H groups in total. The number of ketones is 1. The Labute approximate surface area is 224 Å². The lowest BCUT2D eigenvalue weighted by molar-refractivity contribution is -0.117. The number of thioether (sulfide) groups is 1. The maximum atomic E-state index is 15.1. The van der Waals surface area contributed by atoms with Gasteiger partial charge < -0.3 is 9.52 Å². The molecule has 1 aliphatic heterocycles. The van der Waals surface area contributed by atoms with Crippen molar-refractivity contribution in [3.05, 3.63) is 119 Å². The number of benzene rings is 3. The number of Topliss-reactive ketones (excluding diaryl/α,β-unsaturated/α-hetero) is 1. The highest BCUT2D eigenvalue weighted by atomic mass is 32.2. The molecule has 0 unspecified atom stereocenters. The number of carbonyl (C=O) groups is 2. The molecule has 10 heteroatoms. The highest BCUT2D eigenvalue weighted by Crippen LogP contribution is 2.44. The van der Waals surface area contributed by atoms with Crippen molar-refractivity contribution >= 4 is 50.9 Å². The first-order chi connectivity index (χ1) is 18.5. The Hall–Kier alpha value is -4.28. The summed E-state index contributed by atoms with van der Waals surface area (Å²) in [4.78, 5) is 28.1. The van der Waals surface area contributed by atoms with Crippen LogP contribution in [0.4, 0.5) is 9.52 Å². The van der Waals surface area contributed by atoms with Crippen LogP contribution in [0.1, 0.15) is 27.7 Å². The molecule has 188 valence electrons. The molecule has 0 fully saturated rings. The summed E-state index contributed by atoms with van der Waals surface area (Å²) in [5.41, 5.74) is 1.32. The lowest BCUT2D eigenvalue weighted by atomic mass is 9.95. The number of aliphatic hydroxyl groups is 1. The fourth-order valence-electron chi connectivity index (χ4n) is 4.33. The number of furan rings is 1. The van der Waals surface area contributed by atoms with Crippen molar-refractivity contribution in [2.24, 2.45) is 0 Å². The summed E-state index contributed by atoms with van der Waals surface area (Å²) >= 11 is 2.56. The van der Waals surface area contributed by atoms with Gasteiger partial charge in [0.05, 0.1) is 5.57 Å². The van der Waals surface area contributed by atoms with Crippen LogP contribution in [0.25, 0.3) is 11.0 Å². The van der Waals surface area contributed by atoms with E-state index in [0.717, 1.165) is 21.8 Å². The number of aliphatic hydroxyl groups excluding tert-OH is 1. The van der Waals surface area contributed by atoms with Crippen LogP contribution >= 0.6 is 23.1 Å². The van der Waals surface area contributed by atoms with E-state index < -0.39 is 29.3 Å². The molecular formula is C28H18FN3O4S2. The summed E-state index contributed by atoms with van der Waals surface area (Å²) in [7, 11) is 0. The first kappa shape index (κ1) is 24.1.